The lowest BCUT2D eigenvalue weighted by Gasteiger charge is -2.41. The average molecular weight is 253 g/mol. The first kappa shape index (κ1) is 14.3. The second-order valence-electron chi connectivity index (χ2n) is 6.81. The van der Waals surface area contributed by atoms with E-state index in [4.69, 9.17) is 0 Å². The van der Waals surface area contributed by atoms with Crippen LogP contribution in [0.2, 0.25) is 0 Å². The lowest BCUT2D eigenvalue weighted by molar-refractivity contribution is 0.0801. The van der Waals surface area contributed by atoms with E-state index < -0.39 is 0 Å². The molecule has 2 rings (SSSR count). The standard InChI is InChI=1S/C15H31N3/c1-5-16-13(2)15(3,4)12-17-8-10-18(11-9-17)14-6-7-14/h13-14,16H,5-12H2,1-4H3. The molecule has 1 saturated heterocycles. The Morgan fingerprint density at radius 3 is 2.28 bits per heavy atom. The molecule has 0 bridgehead atoms. The molecule has 2 fully saturated rings. The highest BCUT2D eigenvalue weighted by molar-refractivity contribution is 4.90. The Morgan fingerprint density at radius 2 is 1.78 bits per heavy atom. The Kier molecular flexibility index (Phi) is 4.68. The molecule has 1 unspecified atom stereocenters. The highest BCUT2D eigenvalue weighted by Gasteiger charge is 2.33. The number of rotatable bonds is 6. The number of nitrogens with one attached hydrogen (secondary N) is 1. The maximum atomic E-state index is 3.58. The molecule has 3 nitrogen and oxygen atoms in total. The van der Waals surface area contributed by atoms with Crippen molar-refractivity contribution in [2.24, 2.45) is 5.41 Å². The molecule has 2 aliphatic rings. The number of hydrogen-bond donors (Lipinski definition) is 1. The summed E-state index contributed by atoms with van der Waals surface area (Å²) in [6.07, 6.45) is 2.89. The van der Waals surface area contributed by atoms with Gasteiger partial charge in [0, 0.05) is 44.8 Å². The van der Waals surface area contributed by atoms with E-state index in [0.717, 1.165) is 12.6 Å². The number of piperazine rings is 1. The second kappa shape index (κ2) is 5.89. The topological polar surface area (TPSA) is 18.5 Å². The van der Waals surface area contributed by atoms with Crippen molar-refractivity contribution in [1.29, 1.82) is 0 Å². The third-order valence-electron chi connectivity index (χ3n) is 4.78. The SMILES string of the molecule is CCNC(C)C(C)(C)CN1CCN(C2CC2)CC1. The monoisotopic (exact) mass is 253 g/mol. The van der Waals surface area contributed by atoms with E-state index in [1.54, 1.807) is 0 Å². The molecule has 1 saturated carbocycles. The van der Waals surface area contributed by atoms with Crippen molar-refractivity contribution < 1.29 is 0 Å². The van der Waals surface area contributed by atoms with Gasteiger partial charge in [0.2, 0.25) is 0 Å². The summed E-state index contributed by atoms with van der Waals surface area (Å²) in [5.74, 6) is 0. The molecule has 3 heteroatoms. The van der Waals surface area contributed by atoms with Gasteiger partial charge in [0.05, 0.1) is 0 Å². The van der Waals surface area contributed by atoms with Crippen LogP contribution >= 0.6 is 0 Å². The molecule has 1 N–H and O–H groups in total. The van der Waals surface area contributed by atoms with Gasteiger partial charge in [-0.25, -0.2) is 0 Å². The van der Waals surface area contributed by atoms with E-state index in [-0.39, 0.29) is 0 Å². The predicted octanol–water partition coefficient (Wildman–Crippen LogP) is 1.79. The molecule has 1 heterocycles. The van der Waals surface area contributed by atoms with Gasteiger partial charge in [0.15, 0.2) is 0 Å². The Hall–Kier alpha value is -0.120. The summed E-state index contributed by atoms with van der Waals surface area (Å²) in [4.78, 5) is 5.35. The van der Waals surface area contributed by atoms with Gasteiger partial charge in [-0.3, -0.25) is 4.90 Å². The van der Waals surface area contributed by atoms with E-state index >= 15 is 0 Å². The molecule has 1 atom stereocenters. The Balaban J connectivity index is 1.75. The van der Waals surface area contributed by atoms with E-state index in [9.17, 15) is 0 Å². The first-order valence-electron chi connectivity index (χ1n) is 7.72. The first-order chi connectivity index (χ1) is 8.53. The van der Waals surface area contributed by atoms with E-state index in [1.165, 1.54) is 45.6 Å². The van der Waals surface area contributed by atoms with Crippen molar-refractivity contribution in [3.63, 3.8) is 0 Å². The summed E-state index contributed by atoms with van der Waals surface area (Å²) in [7, 11) is 0. The van der Waals surface area contributed by atoms with E-state index in [2.05, 4.69) is 42.8 Å². The van der Waals surface area contributed by atoms with Gasteiger partial charge in [0.1, 0.15) is 0 Å². The van der Waals surface area contributed by atoms with E-state index in [1.807, 2.05) is 0 Å². The molecule has 106 valence electrons. The summed E-state index contributed by atoms with van der Waals surface area (Å²) in [6.45, 7) is 16.7. The first-order valence-corrected chi connectivity index (χ1v) is 7.72. The average Bonchev–Trinajstić information content (AvgIpc) is 3.14. The van der Waals surface area contributed by atoms with Crippen molar-refractivity contribution in [3.05, 3.63) is 0 Å². The fourth-order valence-electron chi connectivity index (χ4n) is 3.02. The number of hydrogen-bond acceptors (Lipinski definition) is 3. The zero-order chi connectivity index (χ0) is 13.2. The van der Waals surface area contributed by atoms with Crippen LogP contribution in [-0.4, -0.2) is 61.2 Å². The summed E-state index contributed by atoms with van der Waals surface area (Å²) in [6, 6.07) is 1.53. The lowest BCUT2D eigenvalue weighted by atomic mass is 9.84. The van der Waals surface area contributed by atoms with Crippen molar-refractivity contribution in [1.82, 2.24) is 15.1 Å². The maximum absolute atomic E-state index is 3.58. The van der Waals surface area contributed by atoms with Crippen LogP contribution in [0.3, 0.4) is 0 Å². The summed E-state index contributed by atoms with van der Waals surface area (Å²) < 4.78 is 0. The minimum Gasteiger partial charge on any atom is -0.314 e. The highest BCUT2D eigenvalue weighted by atomic mass is 15.3. The molecule has 1 aliphatic carbocycles. The molecule has 1 aliphatic heterocycles. The van der Waals surface area contributed by atoms with E-state index in [0.29, 0.717) is 11.5 Å². The predicted molar refractivity (Wildman–Crippen MR) is 78.0 cm³/mol. The summed E-state index contributed by atoms with van der Waals surface area (Å²) in [5.41, 5.74) is 0.359. The fraction of sp³-hybridized carbons (Fsp3) is 1.00. The van der Waals surface area contributed by atoms with Crippen molar-refractivity contribution in [2.75, 3.05) is 39.3 Å². The lowest BCUT2D eigenvalue weighted by Crippen LogP contribution is -2.53. The second-order valence-corrected chi connectivity index (χ2v) is 6.81. The largest absolute Gasteiger partial charge is 0.314 e. The van der Waals surface area contributed by atoms with Gasteiger partial charge in [-0.1, -0.05) is 20.8 Å². The van der Waals surface area contributed by atoms with Crippen LogP contribution in [0.4, 0.5) is 0 Å². The van der Waals surface area contributed by atoms with Gasteiger partial charge in [-0.15, -0.1) is 0 Å². The molecule has 0 radical (unpaired) electrons. The summed E-state index contributed by atoms with van der Waals surface area (Å²) in [5, 5.41) is 3.58. The minimum atomic E-state index is 0.359. The summed E-state index contributed by atoms with van der Waals surface area (Å²) >= 11 is 0. The van der Waals surface area contributed by atoms with Gasteiger partial charge < -0.3 is 10.2 Å². The van der Waals surface area contributed by atoms with Crippen LogP contribution in [-0.2, 0) is 0 Å². The molecule has 18 heavy (non-hydrogen) atoms. The third-order valence-corrected chi connectivity index (χ3v) is 4.78. The molecule has 0 amide bonds. The van der Waals surface area contributed by atoms with Gasteiger partial charge in [-0.2, -0.15) is 0 Å². The van der Waals surface area contributed by atoms with Crippen molar-refractivity contribution in [3.8, 4) is 0 Å². The minimum absolute atomic E-state index is 0.359. The van der Waals surface area contributed by atoms with Crippen molar-refractivity contribution in [2.45, 2.75) is 52.6 Å². The van der Waals surface area contributed by atoms with Crippen LogP contribution in [0.25, 0.3) is 0 Å². The van der Waals surface area contributed by atoms with Crippen LogP contribution in [0.5, 0.6) is 0 Å². The number of nitrogens with zero attached hydrogens (tertiary/aromatic N) is 2. The zero-order valence-electron chi connectivity index (χ0n) is 12.7. The Morgan fingerprint density at radius 1 is 1.17 bits per heavy atom. The molecule has 0 spiro atoms. The van der Waals surface area contributed by atoms with Crippen LogP contribution < -0.4 is 5.32 Å². The van der Waals surface area contributed by atoms with Gasteiger partial charge in [-0.05, 0) is 31.7 Å². The molecular formula is C15H31N3. The molecule has 0 aromatic heterocycles. The Bertz CT molecular complexity index is 252. The maximum Gasteiger partial charge on any atom is 0.0113 e. The molecular weight excluding hydrogens is 222 g/mol. The van der Waals surface area contributed by atoms with Crippen LogP contribution in [0.1, 0.15) is 40.5 Å². The van der Waals surface area contributed by atoms with Crippen LogP contribution in [0.15, 0.2) is 0 Å². The quantitative estimate of drug-likeness (QED) is 0.778. The zero-order valence-corrected chi connectivity index (χ0v) is 12.7. The van der Waals surface area contributed by atoms with Gasteiger partial charge in [0.25, 0.3) is 0 Å². The highest BCUT2D eigenvalue weighted by Crippen LogP contribution is 2.28. The van der Waals surface area contributed by atoms with Gasteiger partial charge >= 0.3 is 0 Å². The Labute approximate surface area is 113 Å². The normalized spacial score (nSPS) is 25.3. The van der Waals surface area contributed by atoms with Crippen LogP contribution in [0, 0.1) is 5.41 Å². The molecule has 0 aromatic rings. The van der Waals surface area contributed by atoms with Crippen molar-refractivity contribution >= 4 is 0 Å². The molecule has 0 aromatic carbocycles. The fourth-order valence-corrected chi connectivity index (χ4v) is 3.02. The third kappa shape index (κ3) is 3.69. The smallest absolute Gasteiger partial charge is 0.0113 e.